The predicted molar refractivity (Wildman–Crippen MR) is 268 cm³/mol. The predicted octanol–water partition coefficient (Wildman–Crippen LogP) is 15.0. The van der Waals surface area contributed by atoms with E-state index in [-0.39, 0.29) is 6.42 Å². The highest BCUT2D eigenvalue weighted by Crippen LogP contribution is 2.39. The normalized spacial score (nSPS) is 12.0. The Labute approximate surface area is 376 Å². The quantitative estimate of drug-likeness (QED) is 0.0958. The first-order valence-electron chi connectivity index (χ1n) is 23.1. The highest BCUT2D eigenvalue weighted by Gasteiger charge is 2.21. The molecule has 8 bridgehead atoms. The van der Waals surface area contributed by atoms with Crippen LogP contribution in [0.5, 0.6) is 0 Å². The van der Waals surface area contributed by atoms with Crippen molar-refractivity contribution in [1.29, 1.82) is 0 Å². The number of hydrogen-bond donors (Lipinski definition) is 3. The zero-order valence-corrected chi connectivity index (χ0v) is 37.2. The zero-order chi connectivity index (χ0) is 44.0. The summed E-state index contributed by atoms with van der Waals surface area (Å²) < 4.78 is 0. The van der Waals surface area contributed by atoms with Gasteiger partial charge in [0, 0.05) is 44.3 Å². The number of aromatic nitrogens is 4. The van der Waals surface area contributed by atoms with E-state index in [1.807, 2.05) is 24.3 Å². The molecule has 0 radical (unpaired) electrons. The number of carboxylic acids is 1. The first-order valence-corrected chi connectivity index (χ1v) is 23.1. The number of benzene rings is 4. The summed E-state index contributed by atoms with van der Waals surface area (Å²) in [5, 5.41) is 10.1. The van der Waals surface area contributed by atoms with E-state index in [1.54, 1.807) is 0 Å². The van der Waals surface area contributed by atoms with Crippen molar-refractivity contribution >= 4 is 52.3 Å². The maximum absolute atomic E-state index is 12.3. The minimum Gasteiger partial charge on any atom is -0.481 e. The molecule has 0 aliphatic carbocycles. The lowest BCUT2D eigenvalue weighted by Crippen LogP contribution is -2.02. The summed E-state index contributed by atoms with van der Waals surface area (Å²) >= 11 is 0. The Bertz CT molecular complexity index is 2990. The number of carboxylic acid groups (broad SMARTS) is 1. The Hall–Kier alpha value is -7.05. The highest BCUT2D eigenvalue weighted by atomic mass is 16.4. The molecule has 6 heteroatoms. The monoisotopic (exact) mass is 840 g/mol. The Kier molecular flexibility index (Phi) is 12.6. The van der Waals surface area contributed by atoms with E-state index in [0.717, 1.165) is 153 Å². The Morgan fingerprint density at radius 3 is 1.16 bits per heavy atom. The molecule has 6 nitrogen and oxygen atoms in total. The molecule has 2 aliphatic heterocycles. The summed E-state index contributed by atoms with van der Waals surface area (Å²) in [7, 11) is 0. The van der Waals surface area contributed by atoms with Crippen LogP contribution in [0.1, 0.15) is 104 Å². The third-order valence-corrected chi connectivity index (χ3v) is 12.6. The van der Waals surface area contributed by atoms with Gasteiger partial charge in [-0.2, -0.15) is 0 Å². The molecule has 0 spiro atoms. The van der Waals surface area contributed by atoms with Crippen molar-refractivity contribution < 1.29 is 9.90 Å². The van der Waals surface area contributed by atoms with Crippen molar-refractivity contribution in [2.75, 3.05) is 0 Å². The maximum atomic E-state index is 12.3. The van der Waals surface area contributed by atoms with Crippen molar-refractivity contribution in [3.05, 3.63) is 166 Å². The molecule has 7 aromatic rings. The summed E-state index contributed by atoms with van der Waals surface area (Å²) in [5.41, 5.74) is 19.5. The molecule has 3 N–H and O–H groups in total. The van der Waals surface area contributed by atoms with Gasteiger partial charge in [0.25, 0.3) is 0 Å². The van der Waals surface area contributed by atoms with Gasteiger partial charge in [0.2, 0.25) is 0 Å². The van der Waals surface area contributed by atoms with Crippen molar-refractivity contribution in [2.24, 2.45) is 0 Å². The van der Waals surface area contributed by atoms with Crippen molar-refractivity contribution in [1.82, 2.24) is 19.9 Å². The Morgan fingerprint density at radius 1 is 0.453 bits per heavy atom. The number of H-pyrrole nitrogens is 2. The third kappa shape index (κ3) is 8.91. The highest BCUT2D eigenvalue weighted by molar-refractivity contribution is 6.00. The van der Waals surface area contributed by atoms with E-state index in [9.17, 15) is 9.90 Å². The number of aryl methyl sites for hydroxylation is 3. The molecule has 0 saturated carbocycles. The second-order valence-electron chi connectivity index (χ2n) is 17.1. The first kappa shape index (κ1) is 42.3. The smallest absolute Gasteiger partial charge is 0.307 e. The molecule has 64 heavy (non-hydrogen) atoms. The van der Waals surface area contributed by atoms with Gasteiger partial charge in [0.1, 0.15) is 0 Å². The van der Waals surface area contributed by atoms with Crippen LogP contribution in [0.25, 0.3) is 90.9 Å². The molecule has 0 saturated heterocycles. The molecule has 0 fully saturated rings. The van der Waals surface area contributed by atoms with Gasteiger partial charge < -0.3 is 15.1 Å². The Balaban J connectivity index is 1.39. The second-order valence-corrected chi connectivity index (χ2v) is 17.1. The zero-order valence-electron chi connectivity index (χ0n) is 37.2. The molecule has 3 aromatic heterocycles. The van der Waals surface area contributed by atoms with Crippen molar-refractivity contribution in [3.8, 4) is 44.5 Å². The van der Waals surface area contributed by atoms with Crippen LogP contribution < -0.4 is 0 Å². The van der Waals surface area contributed by atoms with Crippen LogP contribution in [0.2, 0.25) is 0 Å². The molecule has 320 valence electrons. The van der Waals surface area contributed by atoms with Gasteiger partial charge in [-0.05, 0) is 132 Å². The van der Waals surface area contributed by atoms with Gasteiger partial charge >= 0.3 is 5.97 Å². The SMILES string of the molecule is CCCCc1ccc(-c2c3nc(c(-c4ccc(CCCC)cc4)c4ccc([nH]4)c(-c4ccccc4CC(=O)O)c4nc(c(-c5ccc(CCCC)cc5)c5ccc2[nH]5)C=C4)C=C3)cc1. The van der Waals surface area contributed by atoms with Crippen molar-refractivity contribution in [2.45, 2.75) is 85.0 Å². The molecule has 9 rings (SSSR count). The number of unbranched alkanes of at least 4 members (excludes halogenated alkanes) is 3. The number of fused-ring (bicyclic) bond motifs is 8. The summed E-state index contributed by atoms with van der Waals surface area (Å²) in [6.45, 7) is 6.69. The molecule has 0 atom stereocenters. The number of carbonyl (C=O) groups is 1. The fourth-order valence-electron chi connectivity index (χ4n) is 9.14. The third-order valence-electron chi connectivity index (χ3n) is 12.6. The van der Waals surface area contributed by atoms with Gasteiger partial charge in [-0.15, -0.1) is 0 Å². The molecule has 5 heterocycles. The van der Waals surface area contributed by atoms with Crippen LogP contribution in [-0.2, 0) is 30.5 Å². The summed E-state index contributed by atoms with van der Waals surface area (Å²) in [6, 6.07) is 43.2. The molecule has 2 aliphatic rings. The standard InChI is InChI=1S/C58H56N4O2/c1-4-7-12-38-17-23-41(24-18-38)55-46-29-31-48(59-46)56(42-25-19-39(20-26-42)13-8-5-2)50-33-35-52(61-50)58(45-16-11-10-15-44(45)37-54(63)64)53-36-34-51(62-53)57(49-32-30-47(55)60-49)43-27-21-40(22-28-43)14-9-6-3/h10-11,15-36,59,62H,4-9,12-14,37H2,1-3H3,(H,63,64). The fraction of sp³-hybridized carbons (Fsp3) is 0.224. The molecule has 0 unspecified atom stereocenters. The van der Waals surface area contributed by atoms with Crippen LogP contribution in [0, 0.1) is 0 Å². The minimum atomic E-state index is -0.884. The average Bonchev–Trinajstić information content (AvgIpc) is 4.17. The van der Waals surface area contributed by atoms with E-state index in [1.165, 1.54) is 16.7 Å². The van der Waals surface area contributed by atoms with E-state index >= 15 is 0 Å². The lowest BCUT2D eigenvalue weighted by Gasteiger charge is -2.10. The van der Waals surface area contributed by atoms with Gasteiger partial charge in [-0.3, -0.25) is 4.79 Å². The van der Waals surface area contributed by atoms with Gasteiger partial charge in [-0.25, -0.2) is 9.97 Å². The number of aliphatic carboxylic acids is 1. The van der Waals surface area contributed by atoms with E-state index in [2.05, 4.69) is 152 Å². The fourth-order valence-corrected chi connectivity index (χ4v) is 9.14. The number of aromatic amines is 2. The topological polar surface area (TPSA) is 94.7 Å². The average molecular weight is 841 g/mol. The molecular weight excluding hydrogens is 785 g/mol. The van der Waals surface area contributed by atoms with Gasteiger partial charge in [-0.1, -0.05) is 137 Å². The van der Waals surface area contributed by atoms with Gasteiger partial charge in [0.15, 0.2) is 0 Å². The van der Waals surface area contributed by atoms with Gasteiger partial charge in [0.05, 0.1) is 29.2 Å². The number of nitrogens with zero attached hydrogens (tertiary/aromatic N) is 2. The van der Waals surface area contributed by atoms with Crippen molar-refractivity contribution in [3.63, 3.8) is 0 Å². The number of hydrogen-bond acceptors (Lipinski definition) is 3. The molecule has 4 aromatic carbocycles. The van der Waals surface area contributed by atoms with Crippen LogP contribution in [0.4, 0.5) is 0 Å². The maximum Gasteiger partial charge on any atom is 0.307 e. The molecular formula is C58H56N4O2. The lowest BCUT2D eigenvalue weighted by atomic mass is 9.96. The van der Waals surface area contributed by atoms with Crippen LogP contribution in [-0.4, -0.2) is 31.0 Å². The second kappa shape index (κ2) is 19.1. The summed E-state index contributed by atoms with van der Waals surface area (Å²) in [4.78, 5) is 31.0. The van der Waals surface area contributed by atoms with Crippen LogP contribution >= 0.6 is 0 Å². The number of nitrogens with one attached hydrogen (secondary N) is 2. The minimum absolute atomic E-state index is 0.115. The largest absolute Gasteiger partial charge is 0.481 e. The van der Waals surface area contributed by atoms with E-state index < -0.39 is 5.97 Å². The van der Waals surface area contributed by atoms with E-state index in [0.29, 0.717) is 0 Å². The summed E-state index contributed by atoms with van der Waals surface area (Å²) in [5.74, 6) is -0.884. The lowest BCUT2D eigenvalue weighted by molar-refractivity contribution is -0.136. The summed E-state index contributed by atoms with van der Waals surface area (Å²) in [6.07, 6.45) is 18.4. The Morgan fingerprint density at radius 2 is 0.797 bits per heavy atom. The first-order chi connectivity index (χ1) is 31.4. The van der Waals surface area contributed by atoms with E-state index in [4.69, 9.17) is 9.97 Å². The van der Waals surface area contributed by atoms with Crippen LogP contribution in [0.15, 0.2) is 121 Å². The van der Waals surface area contributed by atoms with Crippen LogP contribution in [0.3, 0.4) is 0 Å². The number of rotatable bonds is 15. The molecule has 0 amide bonds.